The first-order chi connectivity index (χ1) is 12.6. The molecule has 6 heteroatoms. The highest BCUT2D eigenvalue weighted by molar-refractivity contribution is 6.31. The Balaban J connectivity index is 1.56. The van der Waals surface area contributed by atoms with Crippen LogP contribution >= 0.6 is 11.6 Å². The molecule has 1 saturated heterocycles. The second-order valence-electron chi connectivity index (χ2n) is 6.53. The fourth-order valence-electron chi connectivity index (χ4n) is 3.63. The zero-order valence-electron chi connectivity index (χ0n) is 14.2. The van der Waals surface area contributed by atoms with Crippen molar-refractivity contribution in [2.45, 2.75) is 25.3 Å². The molecule has 0 aromatic heterocycles. The summed E-state index contributed by atoms with van der Waals surface area (Å²) in [6, 6.07) is 10.2. The molecule has 0 bridgehead atoms. The molecule has 2 aliphatic heterocycles. The Morgan fingerprint density at radius 3 is 2.81 bits per heavy atom. The number of hydrogen-bond acceptors (Lipinski definition) is 3. The summed E-state index contributed by atoms with van der Waals surface area (Å²) in [6.07, 6.45) is 1.75. The first-order valence-electron chi connectivity index (χ1n) is 8.75. The maximum absolute atomic E-state index is 14.0. The molecule has 1 amide bonds. The summed E-state index contributed by atoms with van der Waals surface area (Å²) in [5.41, 5.74) is 1.27. The molecule has 1 unspecified atom stereocenters. The molecule has 136 valence electrons. The quantitative estimate of drug-likeness (QED) is 0.808. The van der Waals surface area contributed by atoms with Gasteiger partial charge in [0.25, 0.3) is 0 Å². The van der Waals surface area contributed by atoms with Crippen molar-refractivity contribution in [3.63, 3.8) is 0 Å². The number of benzene rings is 2. The van der Waals surface area contributed by atoms with Crippen molar-refractivity contribution in [1.29, 1.82) is 0 Å². The van der Waals surface area contributed by atoms with Crippen LogP contribution < -0.4 is 9.47 Å². The zero-order valence-corrected chi connectivity index (χ0v) is 15.0. The van der Waals surface area contributed by atoms with Gasteiger partial charge in [0, 0.05) is 17.1 Å². The Morgan fingerprint density at radius 1 is 1.19 bits per heavy atom. The molecule has 0 N–H and O–H groups in total. The molecule has 4 rings (SSSR count). The minimum absolute atomic E-state index is 0.0352. The van der Waals surface area contributed by atoms with Crippen LogP contribution in [-0.2, 0) is 11.2 Å². The van der Waals surface area contributed by atoms with Gasteiger partial charge in [0.1, 0.15) is 19.0 Å². The van der Waals surface area contributed by atoms with E-state index in [0.717, 1.165) is 24.2 Å². The molecular formula is C20H19ClFNO3. The number of amides is 1. The van der Waals surface area contributed by atoms with Gasteiger partial charge < -0.3 is 14.4 Å². The van der Waals surface area contributed by atoms with Gasteiger partial charge in [-0.15, -0.1) is 0 Å². The van der Waals surface area contributed by atoms with E-state index in [2.05, 4.69) is 0 Å². The Kier molecular flexibility index (Phi) is 4.72. The number of carbonyl (C=O) groups excluding carboxylic acids is 1. The number of halogens is 2. The topological polar surface area (TPSA) is 38.8 Å². The molecule has 26 heavy (non-hydrogen) atoms. The van der Waals surface area contributed by atoms with Crippen LogP contribution in [0.2, 0.25) is 5.02 Å². The van der Waals surface area contributed by atoms with Crippen LogP contribution in [0.4, 0.5) is 4.39 Å². The largest absolute Gasteiger partial charge is 0.486 e. The molecule has 2 heterocycles. The molecule has 4 nitrogen and oxygen atoms in total. The maximum Gasteiger partial charge on any atom is 0.227 e. The smallest absolute Gasteiger partial charge is 0.227 e. The summed E-state index contributed by atoms with van der Waals surface area (Å²) >= 11 is 6.07. The lowest BCUT2D eigenvalue weighted by Gasteiger charge is -2.27. The number of carbonyl (C=O) groups is 1. The number of hydrogen-bond donors (Lipinski definition) is 0. The summed E-state index contributed by atoms with van der Waals surface area (Å²) in [6.45, 7) is 1.73. The molecule has 2 aromatic carbocycles. The van der Waals surface area contributed by atoms with Crippen LogP contribution in [-0.4, -0.2) is 30.6 Å². The van der Waals surface area contributed by atoms with E-state index in [1.165, 1.54) is 6.07 Å². The van der Waals surface area contributed by atoms with E-state index in [1.54, 1.807) is 12.1 Å². The minimum atomic E-state index is -0.444. The van der Waals surface area contributed by atoms with Gasteiger partial charge in [-0.3, -0.25) is 4.79 Å². The molecule has 1 atom stereocenters. The number of likely N-dealkylation sites (tertiary alicyclic amines) is 1. The molecule has 0 spiro atoms. The van der Waals surface area contributed by atoms with Crippen molar-refractivity contribution in [2.75, 3.05) is 19.8 Å². The first-order valence-corrected chi connectivity index (χ1v) is 9.13. The normalized spacial score (nSPS) is 18.8. The summed E-state index contributed by atoms with van der Waals surface area (Å²) in [5, 5.41) is 0.286. The lowest BCUT2D eigenvalue weighted by Crippen LogP contribution is -2.32. The number of fused-ring (bicyclic) bond motifs is 1. The van der Waals surface area contributed by atoms with Gasteiger partial charge in [0.15, 0.2) is 11.5 Å². The summed E-state index contributed by atoms with van der Waals surface area (Å²) < 4.78 is 25.2. The van der Waals surface area contributed by atoms with E-state index in [4.69, 9.17) is 21.1 Å². The minimum Gasteiger partial charge on any atom is -0.486 e. The molecule has 2 aliphatic rings. The second-order valence-corrected chi connectivity index (χ2v) is 6.93. The van der Waals surface area contributed by atoms with Crippen LogP contribution in [0.25, 0.3) is 0 Å². The van der Waals surface area contributed by atoms with Crippen molar-refractivity contribution >= 4 is 17.5 Å². The van der Waals surface area contributed by atoms with Crippen LogP contribution in [0, 0.1) is 5.82 Å². The summed E-state index contributed by atoms with van der Waals surface area (Å²) in [7, 11) is 0. The lowest BCUT2D eigenvalue weighted by atomic mass is 10.0. The van der Waals surface area contributed by atoms with Gasteiger partial charge in [-0.05, 0) is 42.7 Å². The third kappa shape index (κ3) is 3.23. The van der Waals surface area contributed by atoms with E-state index >= 15 is 0 Å². The van der Waals surface area contributed by atoms with E-state index < -0.39 is 5.82 Å². The summed E-state index contributed by atoms with van der Waals surface area (Å²) in [4.78, 5) is 14.7. The molecule has 0 aliphatic carbocycles. The van der Waals surface area contributed by atoms with Crippen LogP contribution in [0.5, 0.6) is 11.5 Å². The Hall–Kier alpha value is -2.27. The third-order valence-electron chi connectivity index (χ3n) is 4.91. The van der Waals surface area contributed by atoms with Gasteiger partial charge >= 0.3 is 0 Å². The molecule has 0 radical (unpaired) electrons. The Bertz CT molecular complexity index is 822. The van der Waals surface area contributed by atoms with Gasteiger partial charge in [-0.2, -0.15) is 0 Å². The lowest BCUT2D eigenvalue weighted by molar-refractivity contribution is -0.131. The molecule has 0 saturated carbocycles. The van der Waals surface area contributed by atoms with E-state index in [1.807, 2.05) is 23.1 Å². The van der Waals surface area contributed by atoms with Crippen molar-refractivity contribution in [2.24, 2.45) is 0 Å². The average molecular weight is 376 g/mol. The van der Waals surface area contributed by atoms with Gasteiger partial charge in [-0.1, -0.05) is 23.7 Å². The second kappa shape index (κ2) is 7.16. The molecule has 2 aromatic rings. The number of rotatable bonds is 3. The van der Waals surface area contributed by atoms with Crippen LogP contribution in [0.3, 0.4) is 0 Å². The Labute approximate surface area is 156 Å². The van der Waals surface area contributed by atoms with Gasteiger partial charge in [0.2, 0.25) is 5.91 Å². The van der Waals surface area contributed by atoms with Crippen LogP contribution in [0.1, 0.15) is 30.0 Å². The van der Waals surface area contributed by atoms with Gasteiger partial charge in [-0.25, -0.2) is 4.39 Å². The monoisotopic (exact) mass is 375 g/mol. The SMILES string of the molecule is O=C(Cc1c(F)cccc1Cl)N1CCCC1c1ccc2c(c1)OCCO2. The van der Waals surface area contributed by atoms with Crippen molar-refractivity contribution in [3.05, 3.63) is 58.4 Å². The number of nitrogens with zero attached hydrogens (tertiary/aromatic N) is 1. The van der Waals surface area contributed by atoms with E-state index in [0.29, 0.717) is 25.5 Å². The summed E-state index contributed by atoms with van der Waals surface area (Å²) in [5.74, 6) is 0.884. The van der Waals surface area contributed by atoms with Crippen molar-refractivity contribution < 1.29 is 18.7 Å². The standard InChI is InChI=1S/C20H19ClFNO3/c21-15-3-1-4-16(22)14(15)12-20(24)23-8-2-5-17(23)13-6-7-18-19(11-13)26-10-9-25-18/h1,3-4,6-7,11,17H,2,5,8-10,12H2. The highest BCUT2D eigenvalue weighted by Crippen LogP contribution is 2.38. The fourth-order valence-corrected chi connectivity index (χ4v) is 3.86. The predicted octanol–water partition coefficient (Wildman–Crippen LogP) is 4.16. The van der Waals surface area contributed by atoms with Crippen LogP contribution in [0.15, 0.2) is 36.4 Å². The highest BCUT2D eigenvalue weighted by Gasteiger charge is 2.31. The number of ether oxygens (including phenoxy) is 2. The zero-order chi connectivity index (χ0) is 18.1. The fraction of sp³-hybridized carbons (Fsp3) is 0.350. The third-order valence-corrected chi connectivity index (χ3v) is 5.27. The van der Waals surface area contributed by atoms with E-state index in [9.17, 15) is 9.18 Å². The maximum atomic E-state index is 14.0. The molecule has 1 fully saturated rings. The van der Waals surface area contributed by atoms with E-state index in [-0.39, 0.29) is 29.0 Å². The van der Waals surface area contributed by atoms with Crippen molar-refractivity contribution in [3.8, 4) is 11.5 Å². The van der Waals surface area contributed by atoms with Gasteiger partial charge in [0.05, 0.1) is 12.5 Å². The average Bonchev–Trinajstić information content (AvgIpc) is 3.14. The highest BCUT2D eigenvalue weighted by atomic mass is 35.5. The predicted molar refractivity (Wildman–Crippen MR) is 96.2 cm³/mol. The first kappa shape index (κ1) is 17.2. The Morgan fingerprint density at radius 2 is 2.00 bits per heavy atom. The molecular weight excluding hydrogens is 357 g/mol. The van der Waals surface area contributed by atoms with Crippen molar-refractivity contribution in [1.82, 2.24) is 4.90 Å².